The molecule has 2 aromatic rings. The highest BCUT2D eigenvalue weighted by atomic mass is 16.7. The Kier molecular flexibility index (Phi) is 12.7. The molecule has 5 aliphatic rings. The maximum atomic E-state index is 15.6. The van der Waals surface area contributed by atoms with Crippen molar-refractivity contribution in [3.05, 3.63) is 82.9 Å². The van der Waals surface area contributed by atoms with Crippen LogP contribution in [-0.2, 0) is 57.1 Å². The van der Waals surface area contributed by atoms with Crippen LogP contribution in [0.15, 0.2) is 71.8 Å². The van der Waals surface area contributed by atoms with E-state index in [1.54, 1.807) is 111 Å². The predicted octanol–water partition coefficient (Wildman–Crippen LogP) is 6.43. The van der Waals surface area contributed by atoms with Crippen LogP contribution in [0.25, 0.3) is 0 Å². The smallest absolute Gasteiger partial charge is 0.455 e. The van der Waals surface area contributed by atoms with Gasteiger partial charge in [-0.1, -0.05) is 62.4 Å². The summed E-state index contributed by atoms with van der Waals surface area (Å²) in [5.74, 6) is -5.86. The van der Waals surface area contributed by atoms with Crippen molar-refractivity contribution in [3.63, 3.8) is 0 Å². The molecule has 11 atom stereocenters. The normalized spacial score (nSPS) is 31.2. The van der Waals surface area contributed by atoms with E-state index in [0.717, 1.165) is 6.92 Å². The summed E-state index contributed by atoms with van der Waals surface area (Å²) in [5.41, 5.74) is -8.34. The number of rotatable bonds is 10. The maximum absolute atomic E-state index is 15.6. The molecule has 7 rings (SSSR count). The standard InChI is InChI=1S/C50H61NO16/c1-26-32(62-42(56)37(63-44(58)67-46(7,8)9)35(29-18-14-12-15-19-29)51-43(57)66-45(4,5)6)24-50(59)40(64-41(55)30-20-16-13-17-21-30)38-48(39(54)36(61-27(2)52)34(26)47(50,10)11)23-31(48)22-33-49(38,25-60-33)65-28(3)53/h12-21,31-33,35-38,40,59H,22-25H2,1-11H3,(H,51,57)/t31-,32?,33?,35+,36-,37?,38?,40?,48?,49+,50-/m1/s1. The van der Waals surface area contributed by atoms with Gasteiger partial charge in [-0.3, -0.25) is 14.4 Å². The Morgan fingerprint density at radius 1 is 0.821 bits per heavy atom. The number of Topliss-reactive ketones (excluding diaryl/α,β-unsaturated/α-hetero) is 1. The van der Waals surface area contributed by atoms with Crippen LogP contribution < -0.4 is 5.32 Å². The Bertz CT molecular complexity index is 2350. The summed E-state index contributed by atoms with van der Waals surface area (Å²) in [7, 11) is 0. The topological polar surface area (TPSA) is 226 Å². The van der Waals surface area contributed by atoms with Gasteiger partial charge in [0, 0.05) is 31.1 Å². The number of amides is 1. The van der Waals surface area contributed by atoms with Gasteiger partial charge in [-0.15, -0.1) is 0 Å². The molecule has 362 valence electrons. The number of hydrogen-bond acceptors (Lipinski definition) is 16. The lowest BCUT2D eigenvalue weighted by molar-refractivity contribution is -0.323. The van der Waals surface area contributed by atoms with Gasteiger partial charge in [-0.25, -0.2) is 19.2 Å². The Hall–Kier alpha value is -5.81. The molecule has 4 fully saturated rings. The summed E-state index contributed by atoms with van der Waals surface area (Å²) in [6.07, 6.45) is -9.84. The van der Waals surface area contributed by atoms with Crippen molar-refractivity contribution in [1.82, 2.24) is 5.32 Å². The molecule has 3 saturated carbocycles. The van der Waals surface area contributed by atoms with Crippen molar-refractivity contribution in [2.75, 3.05) is 6.61 Å². The van der Waals surface area contributed by atoms with Gasteiger partial charge in [0.15, 0.2) is 17.5 Å². The van der Waals surface area contributed by atoms with E-state index in [-0.39, 0.29) is 29.7 Å². The zero-order valence-corrected chi connectivity index (χ0v) is 39.8. The summed E-state index contributed by atoms with van der Waals surface area (Å²) < 4.78 is 47.9. The maximum Gasteiger partial charge on any atom is 0.509 e. The van der Waals surface area contributed by atoms with E-state index in [0.29, 0.717) is 12.0 Å². The monoisotopic (exact) mass is 931 g/mol. The number of alkyl carbamates (subject to hydrolysis) is 1. The van der Waals surface area contributed by atoms with Crippen molar-refractivity contribution in [2.24, 2.45) is 22.7 Å². The molecule has 2 N–H and O–H groups in total. The van der Waals surface area contributed by atoms with Gasteiger partial charge < -0.3 is 48.3 Å². The average molecular weight is 932 g/mol. The number of hydrogen-bond donors (Lipinski definition) is 2. The van der Waals surface area contributed by atoms with Crippen LogP contribution in [0, 0.1) is 22.7 Å². The lowest BCUT2D eigenvalue weighted by Crippen LogP contribution is -2.78. The van der Waals surface area contributed by atoms with Crippen LogP contribution in [0.2, 0.25) is 0 Å². The molecule has 1 heterocycles. The number of carbonyl (C=O) groups is 7. The fraction of sp³-hybridized carbons (Fsp3) is 0.580. The summed E-state index contributed by atoms with van der Waals surface area (Å²) in [6.45, 7) is 16.6. The third-order valence-corrected chi connectivity index (χ3v) is 13.8. The van der Waals surface area contributed by atoms with Gasteiger partial charge >= 0.3 is 36.1 Å². The van der Waals surface area contributed by atoms with Crippen molar-refractivity contribution < 1.29 is 76.6 Å². The second kappa shape index (κ2) is 17.4. The van der Waals surface area contributed by atoms with E-state index in [4.69, 9.17) is 37.9 Å². The van der Waals surface area contributed by atoms with Gasteiger partial charge in [0.1, 0.15) is 41.2 Å². The van der Waals surface area contributed by atoms with Gasteiger partial charge in [0.25, 0.3) is 0 Å². The van der Waals surface area contributed by atoms with Crippen LogP contribution in [0.5, 0.6) is 0 Å². The molecule has 17 heteroatoms. The fourth-order valence-corrected chi connectivity index (χ4v) is 10.9. The SMILES string of the molecule is CC(=O)O[C@H]1C(=O)C23C[C@H]2CC2OC[C@@]2(OC(C)=O)C3C(OC(=O)c2ccccc2)[C@]2(O)CC(OC(=O)C(OC(=O)OC(C)(C)C)[C@@H](NC(=O)OC(C)(C)C)c3ccccc3)C(C)=C1C2(C)C. The number of aliphatic hydroxyl groups is 1. The summed E-state index contributed by atoms with van der Waals surface area (Å²) in [5, 5.41) is 16.5. The highest BCUT2D eigenvalue weighted by Gasteiger charge is 2.84. The largest absolute Gasteiger partial charge is 0.509 e. The first kappa shape index (κ1) is 49.1. The highest BCUT2D eigenvalue weighted by Crippen LogP contribution is 2.74. The quantitative estimate of drug-likeness (QED) is 0.149. The van der Waals surface area contributed by atoms with E-state index in [1.807, 2.05) is 0 Å². The summed E-state index contributed by atoms with van der Waals surface area (Å²) in [4.78, 5) is 98.3. The minimum Gasteiger partial charge on any atom is -0.455 e. The Balaban J connectivity index is 1.41. The number of esters is 4. The highest BCUT2D eigenvalue weighted by molar-refractivity contribution is 5.97. The molecule has 1 saturated heterocycles. The van der Waals surface area contributed by atoms with Crippen LogP contribution >= 0.6 is 0 Å². The number of ketones is 1. The van der Waals surface area contributed by atoms with E-state index >= 15 is 9.59 Å². The molecular weight excluding hydrogens is 871 g/mol. The van der Waals surface area contributed by atoms with Crippen LogP contribution in [0.1, 0.15) is 117 Å². The molecule has 1 spiro atoms. The second-order valence-corrected chi connectivity index (χ2v) is 20.9. The molecule has 1 amide bonds. The van der Waals surface area contributed by atoms with Crippen molar-refractivity contribution in [2.45, 2.75) is 154 Å². The van der Waals surface area contributed by atoms with Crippen molar-refractivity contribution in [1.29, 1.82) is 0 Å². The first-order chi connectivity index (χ1) is 31.1. The molecule has 2 bridgehead atoms. The Morgan fingerprint density at radius 3 is 1.99 bits per heavy atom. The van der Waals surface area contributed by atoms with E-state index in [2.05, 4.69) is 5.32 Å². The number of benzene rings is 2. The Labute approximate surface area is 389 Å². The zero-order valence-electron chi connectivity index (χ0n) is 39.8. The number of ether oxygens (including phenoxy) is 8. The molecule has 4 aliphatic carbocycles. The van der Waals surface area contributed by atoms with Gasteiger partial charge in [-0.2, -0.15) is 0 Å². The third kappa shape index (κ3) is 9.04. The molecule has 17 nitrogen and oxygen atoms in total. The Morgan fingerprint density at radius 2 is 1.43 bits per heavy atom. The number of nitrogens with one attached hydrogen (secondary N) is 1. The van der Waals surface area contributed by atoms with Gasteiger partial charge in [-0.05, 0) is 96.1 Å². The second-order valence-electron chi connectivity index (χ2n) is 20.9. The lowest BCUT2D eigenvalue weighted by Gasteiger charge is -2.64. The molecular formula is C50H61NO16. The van der Waals surface area contributed by atoms with Crippen LogP contribution in [0.3, 0.4) is 0 Å². The number of fused-ring (bicyclic) bond motifs is 4. The molecule has 0 radical (unpaired) electrons. The minimum atomic E-state index is -2.32. The van der Waals surface area contributed by atoms with E-state index in [9.17, 15) is 29.1 Å². The van der Waals surface area contributed by atoms with Crippen molar-refractivity contribution in [3.8, 4) is 0 Å². The first-order valence-electron chi connectivity index (χ1n) is 22.5. The fourth-order valence-electron chi connectivity index (χ4n) is 10.9. The molecule has 6 unspecified atom stereocenters. The van der Waals surface area contributed by atoms with Gasteiger partial charge in [0.05, 0.1) is 18.1 Å². The average Bonchev–Trinajstić information content (AvgIpc) is 3.94. The summed E-state index contributed by atoms with van der Waals surface area (Å²) >= 11 is 0. The summed E-state index contributed by atoms with van der Waals surface area (Å²) in [6, 6.07) is 14.7. The van der Waals surface area contributed by atoms with Gasteiger partial charge in [0.2, 0.25) is 6.10 Å². The molecule has 1 aliphatic heterocycles. The minimum absolute atomic E-state index is 0.0862. The van der Waals surface area contributed by atoms with Crippen LogP contribution in [0.4, 0.5) is 9.59 Å². The number of carbonyl (C=O) groups excluding carboxylic acids is 7. The zero-order chi connectivity index (χ0) is 49.2. The third-order valence-electron chi connectivity index (χ3n) is 13.8. The lowest BCUT2D eigenvalue weighted by atomic mass is 9.48. The van der Waals surface area contributed by atoms with E-state index in [1.165, 1.54) is 19.1 Å². The molecule has 2 aromatic carbocycles. The molecule has 67 heavy (non-hydrogen) atoms. The first-order valence-corrected chi connectivity index (χ1v) is 22.5. The molecule has 0 aromatic heterocycles. The van der Waals surface area contributed by atoms with Crippen molar-refractivity contribution >= 4 is 41.9 Å². The van der Waals surface area contributed by atoms with Crippen LogP contribution in [-0.4, -0.2) is 107 Å². The predicted molar refractivity (Wildman–Crippen MR) is 235 cm³/mol. The van der Waals surface area contributed by atoms with E-state index < -0.39 is 130 Å².